The first-order valence-electron chi connectivity index (χ1n) is 17.9. The summed E-state index contributed by atoms with van der Waals surface area (Å²) < 4.78 is 2.57. The number of anilines is 1. The van der Waals surface area contributed by atoms with Crippen molar-refractivity contribution in [3.8, 4) is 0 Å². The predicted octanol–water partition coefficient (Wildman–Crippen LogP) is 10.9. The first-order chi connectivity index (χ1) is 22.7. The first-order valence-corrected chi connectivity index (χ1v) is 17.9. The van der Waals surface area contributed by atoms with Gasteiger partial charge in [0, 0.05) is 54.1 Å². The Hall–Kier alpha value is -3.95. The molecule has 0 unspecified atom stereocenters. The van der Waals surface area contributed by atoms with E-state index in [1.165, 1.54) is 61.0 Å². The van der Waals surface area contributed by atoms with Crippen molar-refractivity contribution in [2.24, 2.45) is 0 Å². The minimum absolute atomic E-state index is 0.131. The number of fused-ring (bicyclic) bond motifs is 6. The molecular formula is C44H53N2O+. The number of benzene rings is 4. The molecule has 0 saturated heterocycles. The second-order valence-corrected chi connectivity index (χ2v) is 14.5. The molecule has 0 aliphatic carbocycles. The van der Waals surface area contributed by atoms with Gasteiger partial charge in [-0.15, -0.1) is 0 Å². The smallest absolute Gasteiger partial charge is 0.210 e. The lowest BCUT2D eigenvalue weighted by atomic mass is 9.79. The van der Waals surface area contributed by atoms with Crippen LogP contribution in [0.1, 0.15) is 91.2 Å². The van der Waals surface area contributed by atoms with Gasteiger partial charge >= 0.3 is 0 Å². The summed E-state index contributed by atoms with van der Waals surface area (Å²) in [7, 11) is 0. The monoisotopic (exact) mass is 625 g/mol. The van der Waals surface area contributed by atoms with Crippen LogP contribution in [0.4, 0.5) is 11.4 Å². The van der Waals surface area contributed by atoms with E-state index in [-0.39, 0.29) is 17.4 Å². The van der Waals surface area contributed by atoms with Crippen molar-refractivity contribution in [2.45, 2.75) is 90.9 Å². The van der Waals surface area contributed by atoms with E-state index >= 15 is 0 Å². The van der Waals surface area contributed by atoms with Gasteiger partial charge < -0.3 is 10.0 Å². The Kier molecular flexibility index (Phi) is 9.58. The minimum atomic E-state index is -0.131. The summed E-state index contributed by atoms with van der Waals surface area (Å²) in [6.07, 6.45) is 15.6. The number of hydrogen-bond donors (Lipinski definition) is 1. The fourth-order valence-electron chi connectivity index (χ4n) is 8.06. The maximum atomic E-state index is 9.87. The van der Waals surface area contributed by atoms with Gasteiger partial charge in [0.25, 0.3) is 0 Å². The topological polar surface area (TPSA) is 26.5 Å². The standard InChI is InChI=1S/C44H53N2O/c1-7-9-29-45-37-25-23-33-17-11-13-19-35(33)41(37)43(3,4)39(45)27-21-32(16-15-31-47)22-28-40-44(5,6)42-36-20-14-12-18-34(36)24-26-38(42)46(40)30-10-8-2/h11-14,17-28,47H,7-10,15-16,29-31H2,1-6H3/q+1. The van der Waals surface area contributed by atoms with Gasteiger partial charge in [-0.05, 0) is 84.0 Å². The number of allylic oxidation sites excluding steroid dienone is 6. The molecule has 2 heterocycles. The quantitative estimate of drug-likeness (QED) is 0.125. The van der Waals surface area contributed by atoms with Gasteiger partial charge in [0.15, 0.2) is 5.71 Å². The molecule has 0 aromatic heterocycles. The molecule has 3 nitrogen and oxygen atoms in total. The summed E-state index contributed by atoms with van der Waals surface area (Å²) in [4.78, 5) is 2.57. The Morgan fingerprint density at radius 2 is 1.43 bits per heavy atom. The van der Waals surface area contributed by atoms with E-state index in [1.807, 2.05) is 0 Å². The molecule has 0 spiro atoms. The fourth-order valence-corrected chi connectivity index (χ4v) is 8.06. The Bertz CT molecular complexity index is 1900. The Morgan fingerprint density at radius 3 is 2.11 bits per heavy atom. The van der Waals surface area contributed by atoms with Gasteiger partial charge in [-0.3, -0.25) is 0 Å². The third-order valence-electron chi connectivity index (χ3n) is 10.5. The first kappa shape index (κ1) is 33.0. The number of hydrogen-bond acceptors (Lipinski definition) is 2. The molecule has 47 heavy (non-hydrogen) atoms. The highest BCUT2D eigenvalue weighted by atomic mass is 16.2. The normalized spacial score (nSPS) is 17.9. The van der Waals surface area contributed by atoms with Gasteiger partial charge in [0.05, 0.1) is 5.41 Å². The average Bonchev–Trinajstić information content (AvgIpc) is 3.44. The SMILES string of the molecule is CCCCN1\C(=C/C=C(/C=C/C2=[N+](CCCC)c3ccc4ccccc4c3C2(C)C)CCCO)C(C)(C)c2c1ccc1ccccc21. The van der Waals surface area contributed by atoms with Crippen LogP contribution in [0.25, 0.3) is 21.5 Å². The maximum absolute atomic E-state index is 9.87. The average molecular weight is 626 g/mol. The van der Waals surface area contributed by atoms with E-state index in [4.69, 9.17) is 0 Å². The van der Waals surface area contributed by atoms with Gasteiger partial charge in [-0.2, -0.15) is 4.58 Å². The third-order valence-corrected chi connectivity index (χ3v) is 10.5. The van der Waals surface area contributed by atoms with Crippen molar-refractivity contribution in [1.82, 2.24) is 0 Å². The van der Waals surface area contributed by atoms with Crippen molar-refractivity contribution >= 4 is 38.6 Å². The fraction of sp³-hybridized carbons (Fsp3) is 0.386. The molecule has 4 aromatic rings. The Labute approximate surface area is 282 Å². The Morgan fingerprint density at radius 1 is 0.766 bits per heavy atom. The zero-order valence-electron chi connectivity index (χ0n) is 29.4. The molecule has 0 saturated carbocycles. The summed E-state index contributed by atoms with van der Waals surface area (Å²) in [5.74, 6) is 0. The molecular weight excluding hydrogens is 572 g/mol. The van der Waals surface area contributed by atoms with E-state index in [1.54, 1.807) is 0 Å². The number of rotatable bonds is 12. The second kappa shape index (κ2) is 13.6. The summed E-state index contributed by atoms with van der Waals surface area (Å²) in [5, 5.41) is 15.2. The highest BCUT2D eigenvalue weighted by Crippen LogP contribution is 2.51. The molecule has 0 amide bonds. The highest BCUT2D eigenvalue weighted by molar-refractivity contribution is 6.07. The molecule has 4 aromatic carbocycles. The van der Waals surface area contributed by atoms with Crippen LogP contribution < -0.4 is 4.90 Å². The van der Waals surface area contributed by atoms with Gasteiger partial charge in [0.1, 0.15) is 6.54 Å². The predicted molar refractivity (Wildman–Crippen MR) is 203 cm³/mol. The number of aliphatic hydroxyl groups is 1. The molecule has 3 heteroatoms. The lowest BCUT2D eigenvalue weighted by molar-refractivity contribution is -0.438. The van der Waals surface area contributed by atoms with Crippen molar-refractivity contribution in [1.29, 1.82) is 0 Å². The van der Waals surface area contributed by atoms with Crippen LogP contribution in [0.5, 0.6) is 0 Å². The third kappa shape index (κ3) is 6.00. The van der Waals surface area contributed by atoms with Gasteiger partial charge in [0.2, 0.25) is 5.69 Å². The van der Waals surface area contributed by atoms with Crippen molar-refractivity contribution in [2.75, 3.05) is 24.6 Å². The molecule has 244 valence electrons. The van der Waals surface area contributed by atoms with E-state index in [9.17, 15) is 5.11 Å². The van der Waals surface area contributed by atoms with Crippen LogP contribution in [0.3, 0.4) is 0 Å². The maximum Gasteiger partial charge on any atom is 0.210 e. The minimum Gasteiger partial charge on any atom is -0.396 e. The van der Waals surface area contributed by atoms with E-state index in [2.05, 4.69) is 148 Å². The van der Waals surface area contributed by atoms with E-state index in [0.29, 0.717) is 0 Å². The van der Waals surface area contributed by atoms with Crippen molar-refractivity contribution in [3.05, 3.63) is 119 Å². The van der Waals surface area contributed by atoms with E-state index in [0.717, 1.165) is 51.6 Å². The molecule has 0 fully saturated rings. The lowest BCUT2D eigenvalue weighted by Gasteiger charge is -2.27. The molecule has 0 atom stereocenters. The Balaban J connectivity index is 1.43. The highest BCUT2D eigenvalue weighted by Gasteiger charge is 2.45. The van der Waals surface area contributed by atoms with Crippen LogP contribution in [0, 0.1) is 0 Å². The zero-order chi connectivity index (χ0) is 33.2. The number of nitrogens with zero attached hydrogens (tertiary/aromatic N) is 2. The number of aliphatic hydroxyl groups excluding tert-OH is 1. The summed E-state index contributed by atoms with van der Waals surface area (Å²) in [6.45, 7) is 16.3. The number of unbranched alkanes of at least 4 members (excludes halogenated alkanes) is 2. The van der Waals surface area contributed by atoms with Gasteiger partial charge in [-0.1, -0.05) is 107 Å². The molecule has 2 aliphatic rings. The van der Waals surface area contributed by atoms with Crippen LogP contribution in [-0.2, 0) is 10.8 Å². The lowest BCUT2D eigenvalue weighted by Crippen LogP contribution is -2.28. The van der Waals surface area contributed by atoms with Crippen LogP contribution in [-0.4, -0.2) is 35.1 Å². The summed E-state index contributed by atoms with van der Waals surface area (Å²) >= 11 is 0. The van der Waals surface area contributed by atoms with E-state index < -0.39 is 0 Å². The molecule has 6 rings (SSSR count). The molecule has 0 radical (unpaired) electrons. The molecule has 2 aliphatic heterocycles. The molecule has 0 bridgehead atoms. The van der Waals surface area contributed by atoms with Crippen LogP contribution in [0.2, 0.25) is 0 Å². The van der Waals surface area contributed by atoms with Gasteiger partial charge in [-0.25, -0.2) is 0 Å². The van der Waals surface area contributed by atoms with Crippen LogP contribution >= 0.6 is 0 Å². The zero-order valence-corrected chi connectivity index (χ0v) is 29.4. The second-order valence-electron chi connectivity index (χ2n) is 14.5. The largest absolute Gasteiger partial charge is 0.396 e. The van der Waals surface area contributed by atoms with Crippen molar-refractivity contribution < 1.29 is 9.68 Å². The summed E-state index contributed by atoms with van der Waals surface area (Å²) in [6, 6.07) is 26.9. The van der Waals surface area contributed by atoms with Crippen LogP contribution in [0.15, 0.2) is 108 Å². The summed E-state index contributed by atoms with van der Waals surface area (Å²) in [5.41, 5.74) is 9.23. The van der Waals surface area contributed by atoms with Crippen molar-refractivity contribution in [3.63, 3.8) is 0 Å². The molecule has 1 N–H and O–H groups in total.